The third kappa shape index (κ3) is 5.82. The summed E-state index contributed by atoms with van der Waals surface area (Å²) in [5, 5.41) is 30.7. The Hall–Kier alpha value is -1.93. The Morgan fingerprint density at radius 2 is 1.57 bits per heavy atom. The van der Waals surface area contributed by atoms with Crippen LogP contribution in [0.4, 0.5) is 0 Å². The van der Waals surface area contributed by atoms with Gasteiger partial charge in [-0.25, -0.2) is 0 Å². The average molecular weight is 438 g/mol. The fourth-order valence-electron chi connectivity index (χ4n) is 3.32. The van der Waals surface area contributed by atoms with Gasteiger partial charge in [0.15, 0.2) is 0 Å². The van der Waals surface area contributed by atoms with Gasteiger partial charge in [0, 0.05) is 12.3 Å². The molecule has 1 aliphatic rings. The van der Waals surface area contributed by atoms with Gasteiger partial charge in [0.05, 0.1) is 13.2 Å². The molecule has 0 amide bonds. The second-order valence-electron chi connectivity index (χ2n) is 7.31. The lowest BCUT2D eigenvalue weighted by Gasteiger charge is -2.40. The van der Waals surface area contributed by atoms with Gasteiger partial charge in [0.25, 0.3) is 0 Å². The first-order chi connectivity index (χ1) is 14.3. The van der Waals surface area contributed by atoms with Crippen molar-refractivity contribution in [1.29, 1.82) is 0 Å². The summed E-state index contributed by atoms with van der Waals surface area (Å²) in [4.78, 5) is 10.3. The summed E-state index contributed by atoms with van der Waals surface area (Å²) in [6.07, 6.45) is -6.70. The molecular weight excluding hydrogens is 411 g/mol. The van der Waals surface area contributed by atoms with E-state index >= 15 is 0 Å². The number of benzene rings is 2. The van der Waals surface area contributed by atoms with Crippen molar-refractivity contribution in [2.24, 2.45) is 0 Å². The summed E-state index contributed by atoms with van der Waals surface area (Å²) in [5.41, 5.74) is 0.740. The predicted octanol–water partition coefficient (Wildman–Crippen LogP) is 1.74. The Balaban J connectivity index is 1.62. The van der Waals surface area contributed by atoms with Crippen LogP contribution in [0.5, 0.6) is 11.5 Å². The van der Waals surface area contributed by atoms with Crippen molar-refractivity contribution < 1.29 is 39.0 Å². The standard InChI is InChI=1S/C21H27O8P/c1-27-15-7-9-16(10-8-15)28-21-20(24)19(23)18(22)17(29-21)11-12-30(25,26)13-14-5-3-2-4-6-14/h2-10,17-24H,11-13H2,1H3,(H,25,26)/t17-,18-,19+,20+,21?/m1/s1. The van der Waals surface area contributed by atoms with E-state index in [0.29, 0.717) is 11.5 Å². The number of hydrogen-bond acceptors (Lipinski definition) is 7. The molecule has 0 saturated carbocycles. The Morgan fingerprint density at radius 3 is 2.20 bits per heavy atom. The highest BCUT2D eigenvalue weighted by Crippen LogP contribution is 2.46. The molecule has 164 valence electrons. The minimum atomic E-state index is -3.53. The van der Waals surface area contributed by atoms with Gasteiger partial charge in [-0.3, -0.25) is 4.57 Å². The van der Waals surface area contributed by atoms with Crippen molar-refractivity contribution in [2.75, 3.05) is 13.3 Å². The molecular formula is C21H27O8P. The number of methoxy groups -OCH3 is 1. The molecule has 3 rings (SSSR count). The summed E-state index contributed by atoms with van der Waals surface area (Å²) in [7, 11) is -2.00. The SMILES string of the molecule is COc1ccc(OC2O[C@H](CCP(=O)(O)Cc3ccccc3)[C@@H](O)[C@H](O)[C@@H]2O)cc1. The highest BCUT2D eigenvalue weighted by atomic mass is 31.2. The maximum atomic E-state index is 12.6. The molecule has 0 aromatic heterocycles. The van der Waals surface area contributed by atoms with E-state index in [1.54, 1.807) is 48.5 Å². The highest BCUT2D eigenvalue weighted by molar-refractivity contribution is 7.57. The summed E-state index contributed by atoms with van der Waals surface area (Å²) in [6, 6.07) is 15.5. The Morgan fingerprint density at radius 1 is 0.933 bits per heavy atom. The lowest BCUT2D eigenvalue weighted by atomic mass is 9.97. The number of hydrogen-bond donors (Lipinski definition) is 4. The van der Waals surface area contributed by atoms with Crippen LogP contribution in [0.3, 0.4) is 0 Å². The lowest BCUT2D eigenvalue weighted by molar-refractivity contribution is -0.272. The molecule has 2 aromatic carbocycles. The van der Waals surface area contributed by atoms with Gasteiger partial charge < -0.3 is 34.4 Å². The number of ether oxygens (including phenoxy) is 3. The van der Waals surface area contributed by atoms with Crippen molar-refractivity contribution in [1.82, 2.24) is 0 Å². The monoisotopic (exact) mass is 438 g/mol. The normalized spacial score (nSPS) is 28.5. The molecule has 2 unspecified atom stereocenters. The van der Waals surface area contributed by atoms with Crippen LogP contribution in [0.2, 0.25) is 0 Å². The van der Waals surface area contributed by atoms with E-state index in [4.69, 9.17) is 14.2 Å². The second-order valence-corrected chi connectivity index (χ2v) is 9.77. The molecule has 9 heteroatoms. The Bertz CT molecular complexity index is 844. The number of rotatable bonds is 8. The molecule has 4 N–H and O–H groups in total. The zero-order chi connectivity index (χ0) is 21.7. The largest absolute Gasteiger partial charge is 0.497 e. The van der Waals surface area contributed by atoms with Crippen molar-refractivity contribution in [2.45, 2.75) is 43.3 Å². The molecule has 1 fully saturated rings. The van der Waals surface area contributed by atoms with Crippen LogP contribution < -0.4 is 9.47 Å². The van der Waals surface area contributed by atoms with Gasteiger partial charge in [0.2, 0.25) is 13.7 Å². The van der Waals surface area contributed by atoms with E-state index in [1.807, 2.05) is 6.07 Å². The average Bonchev–Trinajstić information content (AvgIpc) is 2.74. The molecule has 1 aliphatic heterocycles. The molecule has 1 heterocycles. The lowest BCUT2D eigenvalue weighted by Crippen LogP contribution is -2.59. The third-order valence-corrected chi connectivity index (χ3v) is 6.83. The van der Waals surface area contributed by atoms with Crippen LogP contribution in [-0.2, 0) is 15.5 Å². The van der Waals surface area contributed by atoms with E-state index in [2.05, 4.69) is 0 Å². The van der Waals surface area contributed by atoms with Crippen molar-refractivity contribution in [3.05, 3.63) is 60.2 Å². The van der Waals surface area contributed by atoms with E-state index in [0.717, 1.165) is 5.56 Å². The van der Waals surface area contributed by atoms with Crippen LogP contribution in [0.25, 0.3) is 0 Å². The Labute approximate surface area is 175 Å². The van der Waals surface area contributed by atoms with Crippen LogP contribution in [-0.4, -0.2) is 64.2 Å². The van der Waals surface area contributed by atoms with E-state index in [9.17, 15) is 24.8 Å². The molecule has 0 radical (unpaired) electrons. The molecule has 0 bridgehead atoms. The van der Waals surface area contributed by atoms with E-state index < -0.39 is 38.1 Å². The van der Waals surface area contributed by atoms with E-state index in [1.165, 1.54) is 7.11 Å². The summed E-state index contributed by atoms with van der Waals surface area (Å²) < 4.78 is 28.9. The molecule has 8 nitrogen and oxygen atoms in total. The second kappa shape index (κ2) is 9.92. The molecule has 0 spiro atoms. The first-order valence-electron chi connectivity index (χ1n) is 9.64. The van der Waals surface area contributed by atoms with Crippen LogP contribution in [0.1, 0.15) is 12.0 Å². The molecule has 6 atom stereocenters. The maximum Gasteiger partial charge on any atom is 0.229 e. The van der Waals surface area contributed by atoms with Gasteiger partial charge in [-0.2, -0.15) is 0 Å². The summed E-state index contributed by atoms with van der Waals surface area (Å²) in [6.45, 7) is 0. The van der Waals surface area contributed by atoms with Gasteiger partial charge in [-0.1, -0.05) is 30.3 Å². The highest BCUT2D eigenvalue weighted by Gasteiger charge is 2.45. The third-order valence-electron chi connectivity index (χ3n) is 5.02. The predicted molar refractivity (Wildman–Crippen MR) is 110 cm³/mol. The molecule has 2 aromatic rings. The molecule has 30 heavy (non-hydrogen) atoms. The van der Waals surface area contributed by atoms with Crippen molar-refractivity contribution in [3.8, 4) is 11.5 Å². The first-order valence-corrected chi connectivity index (χ1v) is 11.7. The van der Waals surface area contributed by atoms with Crippen molar-refractivity contribution in [3.63, 3.8) is 0 Å². The number of aliphatic hydroxyl groups is 3. The number of aliphatic hydroxyl groups excluding tert-OH is 3. The Kier molecular flexibility index (Phi) is 7.52. The van der Waals surface area contributed by atoms with Gasteiger partial charge >= 0.3 is 0 Å². The van der Waals surface area contributed by atoms with Crippen LogP contribution in [0, 0.1) is 0 Å². The van der Waals surface area contributed by atoms with Crippen molar-refractivity contribution >= 4 is 7.37 Å². The molecule has 0 aliphatic carbocycles. The van der Waals surface area contributed by atoms with Gasteiger partial charge in [-0.05, 0) is 36.2 Å². The van der Waals surface area contributed by atoms with E-state index in [-0.39, 0.29) is 18.7 Å². The minimum absolute atomic E-state index is 0.00755. The topological polar surface area (TPSA) is 126 Å². The zero-order valence-electron chi connectivity index (χ0n) is 16.6. The first kappa shape index (κ1) is 22.7. The minimum Gasteiger partial charge on any atom is -0.497 e. The quantitative estimate of drug-likeness (QED) is 0.460. The molecule has 1 saturated heterocycles. The summed E-state index contributed by atoms with van der Waals surface area (Å²) in [5.74, 6) is 0.997. The fraction of sp³-hybridized carbons (Fsp3) is 0.429. The fourth-order valence-corrected chi connectivity index (χ4v) is 4.92. The maximum absolute atomic E-state index is 12.6. The van der Waals surface area contributed by atoms with Crippen LogP contribution in [0.15, 0.2) is 54.6 Å². The smallest absolute Gasteiger partial charge is 0.229 e. The summed E-state index contributed by atoms with van der Waals surface area (Å²) >= 11 is 0. The van der Waals surface area contributed by atoms with Gasteiger partial charge in [0.1, 0.15) is 29.8 Å². The zero-order valence-corrected chi connectivity index (χ0v) is 17.5. The van der Waals surface area contributed by atoms with Gasteiger partial charge in [-0.15, -0.1) is 0 Å². The van der Waals surface area contributed by atoms with Crippen LogP contribution >= 0.6 is 7.37 Å².